The van der Waals surface area contributed by atoms with Gasteiger partial charge < -0.3 is 25.1 Å². The summed E-state index contributed by atoms with van der Waals surface area (Å²) in [5.41, 5.74) is 6.66. The molecule has 0 bridgehead atoms. The van der Waals surface area contributed by atoms with Gasteiger partial charge in [0.1, 0.15) is 11.8 Å². The Morgan fingerprint density at radius 2 is 1.75 bits per heavy atom. The summed E-state index contributed by atoms with van der Waals surface area (Å²) in [4.78, 5) is 40.6. The van der Waals surface area contributed by atoms with E-state index in [0.29, 0.717) is 17.9 Å². The lowest BCUT2D eigenvalue weighted by molar-refractivity contribution is -0.126. The summed E-state index contributed by atoms with van der Waals surface area (Å²) in [6.45, 7) is 0.250. The number of nitrogens with two attached hydrogens (primary N) is 1. The molecule has 0 saturated carbocycles. The number of carbonyl (C=O) groups excluding carboxylic acids is 3. The molecule has 184 valence electrons. The number of benzene rings is 2. The van der Waals surface area contributed by atoms with Gasteiger partial charge in [0.25, 0.3) is 11.8 Å². The number of nitrogens with one attached hydrogen (secondary N) is 1. The Bertz CT molecular complexity index is 1270. The zero-order valence-corrected chi connectivity index (χ0v) is 20.1. The van der Waals surface area contributed by atoms with Crippen LogP contribution in [0.1, 0.15) is 32.6 Å². The first-order valence-corrected chi connectivity index (χ1v) is 12.1. The second kappa shape index (κ2) is 11.9. The Morgan fingerprint density at radius 1 is 0.972 bits per heavy atom. The lowest BCUT2D eigenvalue weighted by Crippen LogP contribution is -2.43. The second-order valence-corrected chi connectivity index (χ2v) is 8.95. The van der Waals surface area contributed by atoms with Crippen LogP contribution in [0.3, 0.4) is 0 Å². The summed E-state index contributed by atoms with van der Waals surface area (Å²) >= 11 is 1.49. The number of hydrogen-bond donors (Lipinski definition) is 2. The summed E-state index contributed by atoms with van der Waals surface area (Å²) in [7, 11) is 0. The topological polar surface area (TPSA) is 115 Å². The molecule has 9 heteroatoms. The fourth-order valence-corrected chi connectivity index (χ4v) is 4.35. The maximum atomic E-state index is 13.6. The van der Waals surface area contributed by atoms with Crippen molar-refractivity contribution in [1.29, 1.82) is 0 Å². The molecule has 2 heterocycles. The van der Waals surface area contributed by atoms with Gasteiger partial charge in [0, 0.05) is 11.4 Å². The maximum absolute atomic E-state index is 13.6. The van der Waals surface area contributed by atoms with Crippen LogP contribution < -0.4 is 15.8 Å². The van der Waals surface area contributed by atoms with Crippen LogP contribution >= 0.6 is 11.3 Å². The zero-order chi connectivity index (χ0) is 25.3. The molecule has 3 amide bonds. The van der Waals surface area contributed by atoms with Gasteiger partial charge in [-0.1, -0.05) is 48.5 Å². The highest BCUT2D eigenvalue weighted by Crippen LogP contribution is 2.28. The van der Waals surface area contributed by atoms with Crippen LogP contribution in [0.15, 0.2) is 94.9 Å². The highest BCUT2D eigenvalue weighted by atomic mass is 32.1. The summed E-state index contributed by atoms with van der Waals surface area (Å²) in [5, 5.41) is 4.88. The first-order chi connectivity index (χ1) is 17.5. The molecule has 1 atom stereocenters. The molecule has 0 spiro atoms. The largest absolute Gasteiger partial charge is 0.484 e. The number of amides is 3. The predicted molar refractivity (Wildman–Crippen MR) is 135 cm³/mol. The number of ether oxygens (including phenoxy) is 1. The van der Waals surface area contributed by atoms with Crippen molar-refractivity contribution < 1.29 is 23.5 Å². The van der Waals surface area contributed by atoms with Gasteiger partial charge in [0.05, 0.1) is 12.8 Å². The molecule has 0 fully saturated rings. The number of rotatable bonds is 11. The fraction of sp³-hybridized carbons (Fsp3) is 0.148. The standard InChI is InChI=1S/C27H25N3O5S/c28-24(31)18-35-21-12-10-20(11-13-21)25(26(32)29-16-19-6-2-1-3-7-19)30(17-22-8-5-15-36-22)27(33)23-9-4-14-34-23/h1-15,25H,16-18H2,(H2,28,31)(H,29,32). The smallest absolute Gasteiger partial charge is 0.290 e. The summed E-state index contributed by atoms with van der Waals surface area (Å²) < 4.78 is 10.7. The highest BCUT2D eigenvalue weighted by Gasteiger charge is 2.33. The molecule has 0 saturated heterocycles. The molecule has 0 aliphatic rings. The molecule has 4 aromatic rings. The van der Waals surface area contributed by atoms with Gasteiger partial charge in [-0.15, -0.1) is 11.3 Å². The average molecular weight is 504 g/mol. The molecule has 4 rings (SSSR count). The van der Waals surface area contributed by atoms with Crippen LogP contribution in [0.5, 0.6) is 5.75 Å². The molecular weight excluding hydrogens is 478 g/mol. The van der Waals surface area contributed by atoms with Crippen molar-refractivity contribution in [2.45, 2.75) is 19.1 Å². The number of thiophene rings is 1. The van der Waals surface area contributed by atoms with Crippen molar-refractivity contribution in [1.82, 2.24) is 10.2 Å². The quantitative estimate of drug-likeness (QED) is 0.322. The van der Waals surface area contributed by atoms with Gasteiger partial charge in [0.15, 0.2) is 12.4 Å². The molecular formula is C27H25N3O5S. The van der Waals surface area contributed by atoms with Crippen LogP contribution in [0.2, 0.25) is 0 Å². The first kappa shape index (κ1) is 24.7. The molecule has 36 heavy (non-hydrogen) atoms. The number of hydrogen-bond acceptors (Lipinski definition) is 6. The summed E-state index contributed by atoms with van der Waals surface area (Å²) in [6.07, 6.45) is 1.42. The molecule has 2 aromatic carbocycles. The number of nitrogens with zero attached hydrogens (tertiary/aromatic N) is 1. The van der Waals surface area contributed by atoms with Crippen molar-refractivity contribution in [3.8, 4) is 5.75 Å². The molecule has 2 aromatic heterocycles. The third-order valence-corrected chi connectivity index (χ3v) is 6.21. The highest BCUT2D eigenvalue weighted by molar-refractivity contribution is 7.09. The van der Waals surface area contributed by atoms with Gasteiger partial charge in [-0.05, 0) is 46.8 Å². The Balaban J connectivity index is 1.67. The van der Waals surface area contributed by atoms with Gasteiger partial charge in [0.2, 0.25) is 5.91 Å². The van der Waals surface area contributed by atoms with E-state index in [1.807, 2.05) is 47.8 Å². The molecule has 3 N–H and O–H groups in total. The van der Waals surface area contributed by atoms with E-state index >= 15 is 0 Å². The number of primary amides is 1. The van der Waals surface area contributed by atoms with Crippen molar-refractivity contribution in [3.05, 3.63) is 112 Å². The minimum atomic E-state index is -0.960. The van der Waals surface area contributed by atoms with Gasteiger partial charge in [-0.25, -0.2) is 0 Å². The van der Waals surface area contributed by atoms with Gasteiger partial charge >= 0.3 is 0 Å². The van der Waals surface area contributed by atoms with E-state index in [1.54, 1.807) is 36.4 Å². The van der Waals surface area contributed by atoms with Gasteiger partial charge in [-0.3, -0.25) is 14.4 Å². The lowest BCUT2D eigenvalue weighted by Gasteiger charge is -2.30. The SMILES string of the molecule is NC(=O)COc1ccc(C(C(=O)NCc2ccccc2)N(Cc2cccs2)C(=O)c2ccco2)cc1. The van der Waals surface area contributed by atoms with Crippen molar-refractivity contribution in [2.75, 3.05) is 6.61 Å². The van der Waals surface area contributed by atoms with Crippen molar-refractivity contribution >= 4 is 29.1 Å². The number of furan rings is 1. The minimum Gasteiger partial charge on any atom is -0.484 e. The van der Waals surface area contributed by atoms with E-state index in [-0.39, 0.29) is 24.8 Å². The normalized spacial score (nSPS) is 11.4. The average Bonchev–Trinajstić information content (AvgIpc) is 3.61. The van der Waals surface area contributed by atoms with Crippen LogP contribution in [0, 0.1) is 0 Å². The van der Waals surface area contributed by atoms with Crippen molar-refractivity contribution in [3.63, 3.8) is 0 Å². The van der Waals surface area contributed by atoms with Crippen LogP contribution in [0.4, 0.5) is 0 Å². The molecule has 1 unspecified atom stereocenters. The van der Waals surface area contributed by atoms with Crippen LogP contribution in [0.25, 0.3) is 0 Å². The van der Waals surface area contributed by atoms with E-state index < -0.39 is 17.9 Å². The van der Waals surface area contributed by atoms with E-state index in [9.17, 15) is 14.4 Å². The predicted octanol–water partition coefficient (Wildman–Crippen LogP) is 3.91. The monoisotopic (exact) mass is 503 g/mol. The van der Waals surface area contributed by atoms with Crippen LogP contribution in [-0.4, -0.2) is 29.2 Å². The Labute approximate surface area is 212 Å². The Kier molecular flexibility index (Phi) is 8.15. The summed E-state index contributed by atoms with van der Waals surface area (Å²) in [5.74, 6) is -0.802. The van der Waals surface area contributed by atoms with E-state index in [0.717, 1.165) is 10.4 Å². The van der Waals surface area contributed by atoms with E-state index in [1.165, 1.54) is 22.5 Å². The van der Waals surface area contributed by atoms with E-state index in [4.69, 9.17) is 14.9 Å². The number of carbonyl (C=O) groups is 3. The lowest BCUT2D eigenvalue weighted by atomic mass is 10.0. The Morgan fingerprint density at radius 3 is 2.39 bits per heavy atom. The minimum absolute atomic E-state index is 0.133. The van der Waals surface area contributed by atoms with Crippen LogP contribution in [-0.2, 0) is 22.7 Å². The molecule has 0 radical (unpaired) electrons. The third-order valence-electron chi connectivity index (χ3n) is 5.35. The maximum Gasteiger partial charge on any atom is 0.290 e. The molecule has 0 aliphatic carbocycles. The third kappa shape index (κ3) is 6.39. The molecule has 0 aliphatic heterocycles. The van der Waals surface area contributed by atoms with Crippen molar-refractivity contribution in [2.24, 2.45) is 5.73 Å². The fourth-order valence-electron chi connectivity index (χ4n) is 3.65. The molecule has 8 nitrogen and oxygen atoms in total. The van der Waals surface area contributed by atoms with Gasteiger partial charge in [-0.2, -0.15) is 0 Å². The summed E-state index contributed by atoms with van der Waals surface area (Å²) in [6, 6.07) is 22.2. The van der Waals surface area contributed by atoms with E-state index in [2.05, 4.69) is 5.32 Å². The first-order valence-electron chi connectivity index (χ1n) is 11.2. The Hall–Kier alpha value is -4.37. The second-order valence-electron chi connectivity index (χ2n) is 7.92. The zero-order valence-electron chi connectivity index (χ0n) is 19.3.